The number of nitrogens with one attached hydrogen (secondary N) is 2. The molecule has 0 aliphatic rings. The van der Waals surface area contributed by atoms with E-state index in [1.165, 1.54) is 4.80 Å². The molecule has 1 heterocycles. The van der Waals surface area contributed by atoms with Crippen LogP contribution in [0.3, 0.4) is 0 Å². The maximum Gasteiger partial charge on any atom is 0.320 e. The zero-order valence-corrected chi connectivity index (χ0v) is 12.0. The maximum atomic E-state index is 11.6. The maximum absolute atomic E-state index is 11.6. The highest BCUT2D eigenvalue weighted by Crippen LogP contribution is 2.25. The van der Waals surface area contributed by atoms with E-state index in [9.17, 15) is 4.79 Å². The van der Waals surface area contributed by atoms with E-state index >= 15 is 0 Å². The molecular weight excluding hydrogens is 278 g/mol. The van der Waals surface area contributed by atoms with Crippen LogP contribution in [0.5, 0.6) is 0 Å². The zero-order valence-electron chi connectivity index (χ0n) is 12.0. The molecule has 2 N–H and O–H groups in total. The van der Waals surface area contributed by atoms with Crippen molar-refractivity contribution in [2.45, 2.75) is 0 Å². The number of nitrogens with zero attached hydrogens (tertiary/aromatic N) is 3. The first-order valence-corrected chi connectivity index (χ1v) is 6.85. The van der Waals surface area contributed by atoms with Crippen LogP contribution in [0.4, 0.5) is 10.6 Å². The number of hydrogen-bond donors (Lipinski definition) is 2. The standard InChI is InChI=1S/C16H15N5O/c1-17-16(22)18-15-14(12-8-4-2-5-9-12)19-21(20-15)13-10-6-3-7-11-13/h2-11H,1H3,(H2,17,18,20,22). The molecule has 0 saturated carbocycles. The summed E-state index contributed by atoms with van der Waals surface area (Å²) in [6, 6.07) is 18.8. The van der Waals surface area contributed by atoms with Crippen molar-refractivity contribution in [1.82, 2.24) is 20.3 Å². The van der Waals surface area contributed by atoms with Gasteiger partial charge in [-0.3, -0.25) is 5.32 Å². The monoisotopic (exact) mass is 293 g/mol. The molecule has 6 heteroatoms. The summed E-state index contributed by atoms with van der Waals surface area (Å²) in [5.41, 5.74) is 2.33. The van der Waals surface area contributed by atoms with E-state index in [1.807, 2.05) is 60.7 Å². The summed E-state index contributed by atoms with van der Waals surface area (Å²) >= 11 is 0. The second-order valence-electron chi connectivity index (χ2n) is 4.59. The highest BCUT2D eigenvalue weighted by Gasteiger charge is 2.15. The van der Waals surface area contributed by atoms with Crippen LogP contribution in [-0.4, -0.2) is 28.1 Å². The Morgan fingerprint density at radius 2 is 1.59 bits per heavy atom. The normalized spacial score (nSPS) is 10.2. The minimum absolute atomic E-state index is 0.336. The van der Waals surface area contributed by atoms with E-state index in [4.69, 9.17) is 0 Å². The van der Waals surface area contributed by atoms with Crippen LogP contribution in [0.15, 0.2) is 60.7 Å². The number of para-hydroxylation sites is 1. The van der Waals surface area contributed by atoms with Gasteiger partial charge in [0.25, 0.3) is 0 Å². The van der Waals surface area contributed by atoms with E-state index < -0.39 is 0 Å². The lowest BCUT2D eigenvalue weighted by molar-refractivity contribution is 0.254. The van der Waals surface area contributed by atoms with Crippen LogP contribution < -0.4 is 10.6 Å². The Hall–Kier alpha value is -3.15. The first-order chi connectivity index (χ1) is 10.8. The Labute approximate surface area is 127 Å². The predicted molar refractivity (Wildman–Crippen MR) is 84.9 cm³/mol. The molecule has 0 aliphatic heterocycles. The SMILES string of the molecule is CNC(=O)Nc1nn(-c2ccccc2)nc1-c1ccccc1. The molecule has 3 aromatic rings. The van der Waals surface area contributed by atoms with Crippen LogP contribution in [-0.2, 0) is 0 Å². The molecule has 110 valence electrons. The Morgan fingerprint density at radius 3 is 2.23 bits per heavy atom. The first-order valence-electron chi connectivity index (χ1n) is 6.85. The number of urea groups is 1. The van der Waals surface area contributed by atoms with Crippen molar-refractivity contribution >= 4 is 11.8 Å². The van der Waals surface area contributed by atoms with E-state index in [0.29, 0.717) is 11.5 Å². The number of anilines is 1. The minimum Gasteiger partial charge on any atom is -0.341 e. The molecule has 6 nitrogen and oxygen atoms in total. The number of hydrogen-bond acceptors (Lipinski definition) is 3. The Bertz CT molecular complexity index is 768. The largest absolute Gasteiger partial charge is 0.341 e. The third-order valence-electron chi connectivity index (χ3n) is 3.11. The van der Waals surface area contributed by atoms with Crippen LogP contribution >= 0.6 is 0 Å². The van der Waals surface area contributed by atoms with Crippen LogP contribution in [0.25, 0.3) is 16.9 Å². The second kappa shape index (κ2) is 6.09. The van der Waals surface area contributed by atoms with Gasteiger partial charge in [0.15, 0.2) is 5.82 Å². The van der Waals surface area contributed by atoms with E-state index in [1.54, 1.807) is 7.05 Å². The molecule has 22 heavy (non-hydrogen) atoms. The molecule has 0 unspecified atom stereocenters. The summed E-state index contributed by atoms with van der Waals surface area (Å²) in [7, 11) is 1.55. The molecular formula is C16H15N5O. The number of aromatic nitrogens is 3. The Morgan fingerprint density at radius 1 is 0.955 bits per heavy atom. The van der Waals surface area contributed by atoms with Gasteiger partial charge in [-0.25, -0.2) is 4.79 Å². The van der Waals surface area contributed by atoms with Crippen molar-refractivity contribution in [3.05, 3.63) is 60.7 Å². The molecule has 0 fully saturated rings. The number of carbonyl (C=O) groups is 1. The van der Waals surface area contributed by atoms with Crippen LogP contribution in [0, 0.1) is 0 Å². The van der Waals surface area contributed by atoms with Gasteiger partial charge in [0, 0.05) is 12.6 Å². The zero-order chi connectivity index (χ0) is 15.4. The van der Waals surface area contributed by atoms with Crippen molar-refractivity contribution in [3.8, 4) is 16.9 Å². The van der Waals surface area contributed by atoms with E-state index in [0.717, 1.165) is 11.3 Å². The second-order valence-corrected chi connectivity index (χ2v) is 4.59. The number of benzene rings is 2. The van der Waals surface area contributed by atoms with Crippen molar-refractivity contribution in [3.63, 3.8) is 0 Å². The van der Waals surface area contributed by atoms with E-state index in [2.05, 4.69) is 20.8 Å². The van der Waals surface area contributed by atoms with E-state index in [-0.39, 0.29) is 6.03 Å². The van der Waals surface area contributed by atoms with Crippen molar-refractivity contribution < 1.29 is 4.79 Å². The molecule has 0 saturated heterocycles. The van der Waals surface area contributed by atoms with Gasteiger partial charge >= 0.3 is 6.03 Å². The molecule has 0 radical (unpaired) electrons. The van der Waals surface area contributed by atoms with Gasteiger partial charge in [0.05, 0.1) is 5.69 Å². The highest BCUT2D eigenvalue weighted by molar-refractivity contribution is 5.91. The van der Waals surface area contributed by atoms with Crippen LogP contribution in [0.2, 0.25) is 0 Å². The van der Waals surface area contributed by atoms with Gasteiger partial charge in [-0.15, -0.1) is 15.0 Å². The predicted octanol–water partition coefficient (Wildman–Crippen LogP) is 2.69. The highest BCUT2D eigenvalue weighted by atomic mass is 16.2. The summed E-state index contributed by atoms with van der Waals surface area (Å²) in [5.74, 6) is 0.411. The lowest BCUT2D eigenvalue weighted by atomic mass is 10.1. The third-order valence-corrected chi connectivity index (χ3v) is 3.11. The van der Waals surface area contributed by atoms with Crippen molar-refractivity contribution in [2.75, 3.05) is 12.4 Å². The average Bonchev–Trinajstić information content (AvgIpc) is 3.00. The van der Waals surface area contributed by atoms with Gasteiger partial charge in [-0.05, 0) is 12.1 Å². The van der Waals surface area contributed by atoms with Crippen molar-refractivity contribution in [2.24, 2.45) is 0 Å². The van der Waals surface area contributed by atoms with Gasteiger partial charge < -0.3 is 5.32 Å². The smallest absolute Gasteiger partial charge is 0.320 e. The molecule has 3 rings (SSSR count). The minimum atomic E-state index is -0.336. The molecule has 0 aliphatic carbocycles. The number of carbonyl (C=O) groups excluding carboxylic acids is 1. The van der Waals surface area contributed by atoms with Gasteiger partial charge in [0.1, 0.15) is 5.69 Å². The van der Waals surface area contributed by atoms with Gasteiger partial charge in [-0.1, -0.05) is 48.5 Å². The van der Waals surface area contributed by atoms with Crippen molar-refractivity contribution in [1.29, 1.82) is 0 Å². The summed E-state index contributed by atoms with van der Waals surface area (Å²) in [5, 5.41) is 14.1. The summed E-state index contributed by atoms with van der Waals surface area (Å²) < 4.78 is 0. The number of rotatable bonds is 3. The Balaban J connectivity index is 2.07. The fraction of sp³-hybridized carbons (Fsp3) is 0.0625. The summed E-state index contributed by atoms with van der Waals surface area (Å²) in [6.45, 7) is 0. The Kier molecular flexibility index (Phi) is 3.82. The molecule has 2 aromatic carbocycles. The lowest BCUT2D eigenvalue weighted by Gasteiger charge is -2.02. The molecule has 2 amide bonds. The van der Waals surface area contributed by atoms with Gasteiger partial charge in [-0.2, -0.15) is 0 Å². The quantitative estimate of drug-likeness (QED) is 0.780. The fourth-order valence-corrected chi connectivity index (χ4v) is 2.03. The molecule has 0 atom stereocenters. The average molecular weight is 293 g/mol. The first kappa shape index (κ1) is 13.8. The molecule has 1 aromatic heterocycles. The lowest BCUT2D eigenvalue weighted by Crippen LogP contribution is -2.25. The topological polar surface area (TPSA) is 71.8 Å². The fourth-order valence-electron chi connectivity index (χ4n) is 2.03. The summed E-state index contributed by atoms with van der Waals surface area (Å²) in [4.78, 5) is 13.1. The van der Waals surface area contributed by atoms with Crippen LogP contribution in [0.1, 0.15) is 0 Å². The summed E-state index contributed by atoms with van der Waals surface area (Å²) in [6.07, 6.45) is 0. The van der Waals surface area contributed by atoms with Gasteiger partial charge in [0.2, 0.25) is 0 Å². The molecule has 0 bridgehead atoms. The number of amides is 2. The molecule has 0 spiro atoms. The third kappa shape index (κ3) is 2.80.